The molecular formula is C20H28N4O3. The third-order valence-electron chi connectivity index (χ3n) is 3.66. The van der Waals surface area contributed by atoms with Crippen LogP contribution in [-0.2, 0) is 11.3 Å². The van der Waals surface area contributed by atoms with Gasteiger partial charge in [0.2, 0.25) is 0 Å². The van der Waals surface area contributed by atoms with Gasteiger partial charge in [0.15, 0.2) is 11.7 Å². The molecule has 0 aliphatic heterocycles. The van der Waals surface area contributed by atoms with Crippen molar-refractivity contribution in [2.24, 2.45) is 4.99 Å². The number of rotatable bonds is 10. The van der Waals surface area contributed by atoms with Gasteiger partial charge in [0.25, 0.3) is 5.91 Å². The normalized spacial score (nSPS) is 11.3. The van der Waals surface area contributed by atoms with Crippen LogP contribution in [0.5, 0.6) is 0 Å². The van der Waals surface area contributed by atoms with E-state index >= 15 is 0 Å². The largest absolute Gasteiger partial charge is 0.459 e. The Kier molecular flexibility index (Phi) is 8.92. The van der Waals surface area contributed by atoms with E-state index in [1.54, 1.807) is 12.1 Å². The van der Waals surface area contributed by atoms with Gasteiger partial charge in [-0.1, -0.05) is 12.1 Å². The maximum atomic E-state index is 12.1. The maximum Gasteiger partial charge on any atom is 0.291 e. The minimum absolute atomic E-state index is 0.273. The number of hydrogen-bond donors (Lipinski definition) is 3. The zero-order chi connectivity index (χ0) is 19.3. The predicted molar refractivity (Wildman–Crippen MR) is 107 cm³/mol. The first-order valence-corrected chi connectivity index (χ1v) is 9.26. The van der Waals surface area contributed by atoms with Crippen LogP contribution >= 0.6 is 0 Å². The lowest BCUT2D eigenvalue weighted by Crippen LogP contribution is -2.38. The van der Waals surface area contributed by atoms with Crippen molar-refractivity contribution in [3.05, 3.63) is 54.0 Å². The molecule has 2 rings (SSSR count). The van der Waals surface area contributed by atoms with Gasteiger partial charge in [0.05, 0.1) is 12.8 Å². The molecule has 7 nitrogen and oxygen atoms in total. The van der Waals surface area contributed by atoms with Gasteiger partial charge < -0.3 is 25.1 Å². The van der Waals surface area contributed by atoms with Crippen LogP contribution in [-0.4, -0.2) is 38.2 Å². The molecule has 1 aromatic heterocycles. The third kappa shape index (κ3) is 7.53. The van der Waals surface area contributed by atoms with E-state index in [9.17, 15) is 4.79 Å². The van der Waals surface area contributed by atoms with E-state index < -0.39 is 0 Å². The SMILES string of the molecule is CCNC(=NCc1cccc(NC(=O)c2ccco2)c1)NCCCOCC. The highest BCUT2D eigenvalue weighted by Gasteiger charge is 2.08. The standard InChI is InChI=1S/C20H28N4O3/c1-3-21-20(22-11-7-12-26-4-2)23-15-16-8-5-9-17(14-16)24-19(25)18-10-6-13-27-18/h5-6,8-10,13-14H,3-4,7,11-12,15H2,1-2H3,(H,24,25)(H2,21,22,23). The summed E-state index contributed by atoms with van der Waals surface area (Å²) in [5.41, 5.74) is 1.71. The van der Waals surface area contributed by atoms with Crippen molar-refractivity contribution in [2.45, 2.75) is 26.8 Å². The monoisotopic (exact) mass is 372 g/mol. The molecule has 0 spiro atoms. The summed E-state index contributed by atoms with van der Waals surface area (Å²) in [7, 11) is 0. The molecule has 3 N–H and O–H groups in total. The van der Waals surface area contributed by atoms with Gasteiger partial charge in [-0.15, -0.1) is 0 Å². The minimum Gasteiger partial charge on any atom is -0.459 e. The molecule has 1 aromatic carbocycles. The Labute approximate surface area is 160 Å². The number of carbonyl (C=O) groups excluding carboxylic acids is 1. The molecule has 0 aliphatic rings. The van der Waals surface area contributed by atoms with E-state index in [0.29, 0.717) is 12.2 Å². The highest BCUT2D eigenvalue weighted by molar-refractivity contribution is 6.02. The average Bonchev–Trinajstić information content (AvgIpc) is 3.21. The van der Waals surface area contributed by atoms with Gasteiger partial charge in [0, 0.05) is 32.0 Å². The van der Waals surface area contributed by atoms with Gasteiger partial charge in [-0.05, 0) is 50.1 Å². The van der Waals surface area contributed by atoms with Gasteiger partial charge in [-0.25, -0.2) is 4.99 Å². The Balaban J connectivity index is 1.90. The molecule has 0 atom stereocenters. The number of carbonyl (C=O) groups is 1. The third-order valence-corrected chi connectivity index (χ3v) is 3.66. The molecule has 146 valence electrons. The number of nitrogens with zero attached hydrogens (tertiary/aromatic N) is 1. The molecule has 0 radical (unpaired) electrons. The molecule has 27 heavy (non-hydrogen) atoms. The summed E-state index contributed by atoms with van der Waals surface area (Å²) in [6.45, 7) is 7.58. The van der Waals surface area contributed by atoms with Crippen LogP contribution in [0.2, 0.25) is 0 Å². The molecule has 0 saturated heterocycles. The van der Waals surface area contributed by atoms with Gasteiger partial charge in [-0.3, -0.25) is 4.79 Å². The molecule has 1 heterocycles. The Morgan fingerprint density at radius 1 is 1.19 bits per heavy atom. The number of anilines is 1. The zero-order valence-electron chi connectivity index (χ0n) is 16.0. The Bertz CT molecular complexity index is 714. The van der Waals surface area contributed by atoms with Crippen LogP contribution in [0.25, 0.3) is 0 Å². The van der Waals surface area contributed by atoms with E-state index in [0.717, 1.165) is 44.2 Å². The Hall–Kier alpha value is -2.80. The van der Waals surface area contributed by atoms with Crippen molar-refractivity contribution in [3.63, 3.8) is 0 Å². The first kappa shape index (κ1) is 20.5. The van der Waals surface area contributed by atoms with E-state index in [2.05, 4.69) is 20.9 Å². The topological polar surface area (TPSA) is 87.9 Å². The Morgan fingerprint density at radius 3 is 2.81 bits per heavy atom. The number of benzene rings is 1. The smallest absolute Gasteiger partial charge is 0.291 e. The summed E-state index contributed by atoms with van der Waals surface area (Å²) in [4.78, 5) is 16.7. The molecule has 0 aliphatic carbocycles. The second-order valence-corrected chi connectivity index (χ2v) is 5.80. The quantitative estimate of drug-likeness (QED) is 0.339. The lowest BCUT2D eigenvalue weighted by Gasteiger charge is -2.11. The number of hydrogen-bond acceptors (Lipinski definition) is 4. The molecule has 2 aromatic rings. The molecule has 7 heteroatoms. The highest BCUT2D eigenvalue weighted by Crippen LogP contribution is 2.13. The average molecular weight is 372 g/mol. The number of guanidine groups is 1. The highest BCUT2D eigenvalue weighted by atomic mass is 16.5. The summed E-state index contributed by atoms with van der Waals surface area (Å²) in [5.74, 6) is 0.771. The molecule has 0 fully saturated rings. The van der Waals surface area contributed by atoms with E-state index in [4.69, 9.17) is 9.15 Å². The van der Waals surface area contributed by atoms with E-state index in [1.807, 2.05) is 38.1 Å². The fourth-order valence-corrected chi connectivity index (χ4v) is 2.39. The lowest BCUT2D eigenvalue weighted by molar-refractivity contribution is 0.0996. The van der Waals surface area contributed by atoms with Crippen molar-refractivity contribution in [2.75, 3.05) is 31.6 Å². The molecule has 0 bridgehead atoms. The van der Waals surface area contributed by atoms with Gasteiger partial charge >= 0.3 is 0 Å². The number of amides is 1. The van der Waals surface area contributed by atoms with Crippen LogP contribution in [0.15, 0.2) is 52.1 Å². The van der Waals surface area contributed by atoms with E-state index in [1.165, 1.54) is 6.26 Å². The summed E-state index contributed by atoms with van der Waals surface area (Å²) >= 11 is 0. The van der Waals surface area contributed by atoms with Crippen LogP contribution in [0.4, 0.5) is 5.69 Å². The summed E-state index contributed by atoms with van der Waals surface area (Å²) in [5, 5.41) is 9.34. The van der Waals surface area contributed by atoms with Crippen LogP contribution in [0.1, 0.15) is 36.4 Å². The van der Waals surface area contributed by atoms with Crippen molar-refractivity contribution in [1.29, 1.82) is 0 Å². The van der Waals surface area contributed by atoms with Crippen LogP contribution < -0.4 is 16.0 Å². The Morgan fingerprint density at radius 2 is 2.07 bits per heavy atom. The zero-order valence-corrected chi connectivity index (χ0v) is 16.0. The maximum absolute atomic E-state index is 12.1. The van der Waals surface area contributed by atoms with Gasteiger partial charge in [-0.2, -0.15) is 0 Å². The van der Waals surface area contributed by atoms with Crippen molar-refractivity contribution < 1.29 is 13.9 Å². The van der Waals surface area contributed by atoms with E-state index in [-0.39, 0.29) is 11.7 Å². The predicted octanol–water partition coefficient (Wildman–Crippen LogP) is 3.01. The van der Waals surface area contributed by atoms with Crippen molar-refractivity contribution in [3.8, 4) is 0 Å². The van der Waals surface area contributed by atoms with Crippen molar-refractivity contribution in [1.82, 2.24) is 10.6 Å². The minimum atomic E-state index is -0.273. The lowest BCUT2D eigenvalue weighted by atomic mass is 10.2. The number of ether oxygens (including phenoxy) is 1. The number of nitrogens with one attached hydrogen (secondary N) is 3. The van der Waals surface area contributed by atoms with Crippen LogP contribution in [0, 0.1) is 0 Å². The molecule has 0 saturated carbocycles. The van der Waals surface area contributed by atoms with Crippen molar-refractivity contribution >= 4 is 17.6 Å². The fraction of sp³-hybridized carbons (Fsp3) is 0.400. The second-order valence-electron chi connectivity index (χ2n) is 5.80. The first-order chi connectivity index (χ1) is 13.2. The summed E-state index contributed by atoms with van der Waals surface area (Å²) in [6, 6.07) is 10.9. The van der Waals surface area contributed by atoms with Gasteiger partial charge in [0.1, 0.15) is 0 Å². The number of furan rings is 1. The number of aliphatic imine (C=N–C) groups is 1. The molecule has 1 amide bonds. The molecular weight excluding hydrogens is 344 g/mol. The summed E-state index contributed by atoms with van der Waals surface area (Å²) < 4.78 is 10.4. The first-order valence-electron chi connectivity index (χ1n) is 9.26. The second kappa shape index (κ2) is 11.7. The molecule has 0 unspecified atom stereocenters. The summed E-state index contributed by atoms with van der Waals surface area (Å²) in [6.07, 6.45) is 2.40. The fourth-order valence-electron chi connectivity index (χ4n) is 2.39. The van der Waals surface area contributed by atoms with Crippen LogP contribution in [0.3, 0.4) is 0 Å².